The number of hydrogen-bond donors (Lipinski definition) is 0. The van der Waals surface area contributed by atoms with Gasteiger partial charge < -0.3 is 0 Å². The first-order chi connectivity index (χ1) is 8.18. The summed E-state index contributed by atoms with van der Waals surface area (Å²) in [5.74, 6) is -0.855. The van der Waals surface area contributed by atoms with Crippen LogP contribution in [0.2, 0.25) is 0 Å². The molecular formula is C10H6F3NO4. The van der Waals surface area contributed by atoms with Crippen LogP contribution in [-0.4, -0.2) is 17.0 Å². The van der Waals surface area contributed by atoms with Crippen LogP contribution in [0.1, 0.15) is 33.2 Å². The Balaban J connectivity index is 3.70. The summed E-state index contributed by atoms with van der Waals surface area (Å²) in [6.45, 7) is 0.923. The molecule has 0 saturated carbocycles. The van der Waals surface area contributed by atoms with Gasteiger partial charge in [-0.3, -0.25) is 19.7 Å². The second-order valence-electron chi connectivity index (χ2n) is 3.39. The number of carbonyl (C=O) groups is 2. The van der Waals surface area contributed by atoms with Gasteiger partial charge in [0.05, 0.1) is 10.5 Å². The molecule has 0 aliphatic rings. The minimum absolute atomic E-state index is 0.00494. The third kappa shape index (κ3) is 2.53. The van der Waals surface area contributed by atoms with Gasteiger partial charge in [0.1, 0.15) is 5.56 Å². The molecule has 0 N–H and O–H groups in total. The molecule has 0 aliphatic carbocycles. The summed E-state index contributed by atoms with van der Waals surface area (Å²) in [5, 5.41) is 10.6. The Morgan fingerprint density at radius 2 is 1.94 bits per heavy atom. The lowest BCUT2D eigenvalue weighted by Gasteiger charge is -2.09. The van der Waals surface area contributed by atoms with Gasteiger partial charge in [-0.05, 0) is 13.0 Å². The van der Waals surface area contributed by atoms with Crippen molar-refractivity contribution >= 4 is 17.8 Å². The standard InChI is InChI=1S/C10H6F3NO4/c1-5(16)7-2-6(10(11,12)13)3-9(14(17)18)8(7)4-15/h2-4H,1H3. The number of nitro groups is 1. The monoisotopic (exact) mass is 261 g/mol. The lowest BCUT2D eigenvalue weighted by Crippen LogP contribution is -2.11. The summed E-state index contributed by atoms with van der Waals surface area (Å²) < 4.78 is 37.5. The van der Waals surface area contributed by atoms with Crippen molar-refractivity contribution in [3.05, 3.63) is 38.9 Å². The highest BCUT2D eigenvalue weighted by atomic mass is 19.4. The second-order valence-corrected chi connectivity index (χ2v) is 3.39. The van der Waals surface area contributed by atoms with Crippen molar-refractivity contribution in [1.29, 1.82) is 0 Å². The number of Topliss-reactive ketones (excluding diaryl/α,β-unsaturated/α-hetero) is 1. The van der Waals surface area contributed by atoms with Crippen molar-refractivity contribution in [2.45, 2.75) is 13.1 Å². The fourth-order valence-electron chi connectivity index (χ4n) is 1.37. The lowest BCUT2D eigenvalue weighted by molar-refractivity contribution is -0.385. The van der Waals surface area contributed by atoms with E-state index in [2.05, 4.69) is 0 Å². The van der Waals surface area contributed by atoms with E-state index in [0.29, 0.717) is 6.07 Å². The SMILES string of the molecule is CC(=O)c1cc(C(F)(F)F)cc([N+](=O)[O-])c1C=O. The van der Waals surface area contributed by atoms with Crippen LogP contribution >= 0.6 is 0 Å². The van der Waals surface area contributed by atoms with Gasteiger partial charge in [-0.25, -0.2) is 0 Å². The molecule has 0 atom stereocenters. The third-order valence-corrected chi connectivity index (χ3v) is 2.18. The molecule has 0 aromatic heterocycles. The van der Waals surface area contributed by atoms with Crippen molar-refractivity contribution in [3.8, 4) is 0 Å². The van der Waals surface area contributed by atoms with E-state index >= 15 is 0 Å². The van der Waals surface area contributed by atoms with Gasteiger partial charge in [0.15, 0.2) is 12.1 Å². The Hall–Kier alpha value is -2.25. The first-order valence-electron chi connectivity index (χ1n) is 4.54. The van der Waals surface area contributed by atoms with E-state index in [1.807, 2.05) is 0 Å². The molecule has 1 rings (SSSR count). The van der Waals surface area contributed by atoms with Crippen LogP contribution in [-0.2, 0) is 6.18 Å². The van der Waals surface area contributed by atoms with Crippen molar-refractivity contribution < 1.29 is 27.7 Å². The summed E-state index contributed by atoms with van der Waals surface area (Å²) in [7, 11) is 0. The van der Waals surface area contributed by atoms with Crippen LogP contribution in [0.5, 0.6) is 0 Å². The van der Waals surface area contributed by atoms with E-state index in [1.165, 1.54) is 0 Å². The molecule has 8 heteroatoms. The minimum atomic E-state index is -4.84. The Morgan fingerprint density at radius 3 is 2.28 bits per heavy atom. The first kappa shape index (κ1) is 13.8. The van der Waals surface area contributed by atoms with Crippen LogP contribution in [0, 0.1) is 10.1 Å². The molecule has 5 nitrogen and oxygen atoms in total. The number of ketones is 1. The van der Waals surface area contributed by atoms with E-state index in [-0.39, 0.29) is 12.4 Å². The molecule has 1 aromatic rings. The maximum absolute atomic E-state index is 12.5. The zero-order chi connectivity index (χ0) is 14.1. The van der Waals surface area contributed by atoms with Crippen molar-refractivity contribution in [2.24, 2.45) is 0 Å². The lowest BCUT2D eigenvalue weighted by atomic mass is 9.99. The van der Waals surface area contributed by atoms with Gasteiger partial charge in [-0.15, -0.1) is 0 Å². The number of alkyl halides is 3. The second kappa shape index (κ2) is 4.55. The van der Waals surface area contributed by atoms with Gasteiger partial charge >= 0.3 is 6.18 Å². The van der Waals surface area contributed by atoms with Crippen LogP contribution < -0.4 is 0 Å². The summed E-state index contributed by atoms with van der Waals surface area (Å²) in [6.07, 6.45) is -4.84. The molecule has 0 spiro atoms. The zero-order valence-electron chi connectivity index (χ0n) is 8.95. The van der Waals surface area contributed by atoms with Crippen LogP contribution in [0.15, 0.2) is 12.1 Å². The normalized spacial score (nSPS) is 11.1. The van der Waals surface area contributed by atoms with Crippen molar-refractivity contribution in [3.63, 3.8) is 0 Å². The largest absolute Gasteiger partial charge is 0.416 e. The smallest absolute Gasteiger partial charge is 0.298 e. The van der Waals surface area contributed by atoms with E-state index in [4.69, 9.17) is 0 Å². The summed E-state index contributed by atoms with van der Waals surface area (Å²) >= 11 is 0. The maximum atomic E-state index is 12.5. The number of halogens is 3. The van der Waals surface area contributed by atoms with Gasteiger partial charge in [0.25, 0.3) is 5.69 Å². The van der Waals surface area contributed by atoms with Crippen LogP contribution in [0.25, 0.3) is 0 Å². The molecule has 0 bridgehead atoms. The fraction of sp³-hybridized carbons (Fsp3) is 0.200. The molecule has 0 aliphatic heterocycles. The number of hydrogen-bond acceptors (Lipinski definition) is 4. The Bertz CT molecular complexity index is 501. The van der Waals surface area contributed by atoms with E-state index < -0.39 is 39.3 Å². The van der Waals surface area contributed by atoms with Gasteiger partial charge in [0.2, 0.25) is 0 Å². The molecule has 0 radical (unpaired) electrons. The first-order valence-corrected chi connectivity index (χ1v) is 4.54. The molecule has 0 saturated heterocycles. The van der Waals surface area contributed by atoms with Crippen LogP contribution in [0.4, 0.5) is 18.9 Å². The molecule has 0 amide bonds. The predicted molar refractivity (Wildman–Crippen MR) is 53.5 cm³/mol. The van der Waals surface area contributed by atoms with Gasteiger partial charge in [-0.2, -0.15) is 13.2 Å². The van der Waals surface area contributed by atoms with E-state index in [0.717, 1.165) is 6.92 Å². The van der Waals surface area contributed by atoms with Crippen LogP contribution in [0.3, 0.4) is 0 Å². The number of carbonyl (C=O) groups excluding carboxylic acids is 2. The van der Waals surface area contributed by atoms with Gasteiger partial charge in [0, 0.05) is 11.6 Å². The molecule has 0 unspecified atom stereocenters. The zero-order valence-corrected chi connectivity index (χ0v) is 8.95. The molecule has 0 fully saturated rings. The van der Waals surface area contributed by atoms with Crippen molar-refractivity contribution in [2.75, 3.05) is 0 Å². The highest BCUT2D eigenvalue weighted by Gasteiger charge is 2.35. The number of nitrogens with zero attached hydrogens (tertiary/aromatic N) is 1. The van der Waals surface area contributed by atoms with E-state index in [9.17, 15) is 32.9 Å². The average molecular weight is 261 g/mol. The molecular weight excluding hydrogens is 255 g/mol. The third-order valence-electron chi connectivity index (χ3n) is 2.18. The quantitative estimate of drug-likeness (QED) is 0.362. The highest BCUT2D eigenvalue weighted by molar-refractivity contribution is 6.03. The summed E-state index contributed by atoms with van der Waals surface area (Å²) in [5.41, 5.74) is -3.65. The number of rotatable bonds is 3. The molecule has 96 valence electrons. The van der Waals surface area contributed by atoms with Gasteiger partial charge in [-0.1, -0.05) is 0 Å². The minimum Gasteiger partial charge on any atom is -0.298 e. The molecule has 0 heterocycles. The maximum Gasteiger partial charge on any atom is 0.416 e. The Morgan fingerprint density at radius 1 is 1.39 bits per heavy atom. The fourth-order valence-corrected chi connectivity index (χ4v) is 1.37. The summed E-state index contributed by atoms with van der Waals surface area (Å²) in [4.78, 5) is 31.3. The Labute approximate surface area is 98.4 Å². The Kier molecular flexibility index (Phi) is 3.49. The number of nitro benzene ring substituents is 1. The van der Waals surface area contributed by atoms with E-state index in [1.54, 1.807) is 0 Å². The average Bonchev–Trinajstić information content (AvgIpc) is 2.25. The topological polar surface area (TPSA) is 77.3 Å². The summed E-state index contributed by atoms with van der Waals surface area (Å²) in [6, 6.07) is 0.662. The highest BCUT2D eigenvalue weighted by Crippen LogP contribution is 2.34. The van der Waals surface area contributed by atoms with Crippen molar-refractivity contribution in [1.82, 2.24) is 0 Å². The predicted octanol–water partition coefficient (Wildman–Crippen LogP) is 2.63. The number of benzene rings is 1. The number of aldehydes is 1. The molecule has 18 heavy (non-hydrogen) atoms. The molecule has 1 aromatic carbocycles.